The van der Waals surface area contributed by atoms with Crippen LogP contribution in [0.2, 0.25) is 0 Å². The van der Waals surface area contributed by atoms with Gasteiger partial charge in [0.15, 0.2) is 0 Å². The maximum Gasteiger partial charge on any atom is 0.325 e. The molecule has 0 saturated heterocycles. The highest BCUT2D eigenvalue weighted by Crippen LogP contribution is 2.19. The number of nitrogens with two attached hydrogens (primary N) is 1. The summed E-state index contributed by atoms with van der Waals surface area (Å²) < 4.78 is 10.3. The molecule has 1 aromatic carbocycles. The predicted molar refractivity (Wildman–Crippen MR) is 70.6 cm³/mol. The number of aryl methyl sites for hydroxylation is 2. The zero-order chi connectivity index (χ0) is 13.8. The van der Waals surface area contributed by atoms with Gasteiger partial charge in [-0.15, -0.1) is 0 Å². The van der Waals surface area contributed by atoms with Gasteiger partial charge >= 0.3 is 5.97 Å². The van der Waals surface area contributed by atoms with Crippen LogP contribution in [-0.2, 0) is 9.53 Å². The highest BCUT2D eigenvalue weighted by atomic mass is 16.5. The van der Waals surface area contributed by atoms with Crippen molar-refractivity contribution in [2.45, 2.75) is 32.7 Å². The Morgan fingerprint density at radius 2 is 2.06 bits per heavy atom. The predicted octanol–water partition coefficient (Wildman–Crippen LogP) is 1.96. The van der Waals surface area contributed by atoms with E-state index in [4.69, 9.17) is 10.5 Å². The van der Waals surface area contributed by atoms with Crippen molar-refractivity contribution >= 4 is 5.97 Å². The maximum absolute atomic E-state index is 11.4. The summed E-state index contributed by atoms with van der Waals surface area (Å²) in [6.07, 6.45) is 0.410. The molecule has 1 unspecified atom stereocenters. The molecule has 1 atom stereocenters. The Morgan fingerprint density at radius 1 is 1.39 bits per heavy atom. The second-order valence-electron chi connectivity index (χ2n) is 4.78. The van der Waals surface area contributed by atoms with E-state index < -0.39 is 11.5 Å². The summed E-state index contributed by atoms with van der Waals surface area (Å²) in [5.74, 6) is 0.396. The van der Waals surface area contributed by atoms with E-state index in [1.807, 2.05) is 26.0 Å². The Hall–Kier alpha value is -1.55. The number of methoxy groups -OCH3 is 1. The van der Waals surface area contributed by atoms with Crippen LogP contribution in [0.3, 0.4) is 0 Å². The van der Waals surface area contributed by atoms with Gasteiger partial charge in [0.25, 0.3) is 0 Å². The molecule has 18 heavy (non-hydrogen) atoms. The molecular weight excluding hydrogens is 230 g/mol. The summed E-state index contributed by atoms with van der Waals surface area (Å²) in [4.78, 5) is 11.4. The fourth-order valence-electron chi connectivity index (χ4n) is 1.67. The normalized spacial score (nSPS) is 13.8. The smallest absolute Gasteiger partial charge is 0.325 e. The lowest BCUT2D eigenvalue weighted by Crippen LogP contribution is -2.46. The Labute approximate surface area is 108 Å². The Kier molecular flexibility index (Phi) is 4.73. The number of carbonyl (C=O) groups is 1. The van der Waals surface area contributed by atoms with Crippen LogP contribution in [0.25, 0.3) is 0 Å². The first kappa shape index (κ1) is 14.5. The van der Waals surface area contributed by atoms with E-state index in [9.17, 15) is 4.79 Å². The fraction of sp³-hybridized carbons (Fsp3) is 0.500. The zero-order valence-corrected chi connectivity index (χ0v) is 11.4. The van der Waals surface area contributed by atoms with Crippen molar-refractivity contribution in [3.63, 3.8) is 0 Å². The van der Waals surface area contributed by atoms with Crippen molar-refractivity contribution in [3.05, 3.63) is 29.3 Å². The SMILES string of the molecule is COC(=O)C(C)(N)CCOc1ccc(C)cc1C. The van der Waals surface area contributed by atoms with E-state index in [1.54, 1.807) is 6.92 Å². The standard InChI is InChI=1S/C14H21NO3/c1-10-5-6-12(11(2)9-10)18-8-7-14(3,15)13(16)17-4/h5-6,9H,7-8,15H2,1-4H3. The van der Waals surface area contributed by atoms with Gasteiger partial charge in [0.05, 0.1) is 13.7 Å². The van der Waals surface area contributed by atoms with Gasteiger partial charge in [0.2, 0.25) is 0 Å². The summed E-state index contributed by atoms with van der Waals surface area (Å²) in [5, 5.41) is 0. The highest BCUT2D eigenvalue weighted by molar-refractivity contribution is 5.79. The summed E-state index contributed by atoms with van der Waals surface area (Å²) in [6, 6.07) is 5.97. The van der Waals surface area contributed by atoms with Gasteiger partial charge in [-0.1, -0.05) is 17.7 Å². The number of benzene rings is 1. The molecule has 0 radical (unpaired) electrons. The maximum atomic E-state index is 11.4. The van der Waals surface area contributed by atoms with Crippen molar-refractivity contribution < 1.29 is 14.3 Å². The molecule has 0 bridgehead atoms. The summed E-state index contributed by atoms with van der Waals surface area (Å²) >= 11 is 0. The van der Waals surface area contributed by atoms with Gasteiger partial charge in [-0.05, 0) is 32.4 Å². The van der Waals surface area contributed by atoms with Crippen LogP contribution in [-0.4, -0.2) is 25.2 Å². The first-order chi connectivity index (χ1) is 8.36. The Bertz CT molecular complexity index is 427. The van der Waals surface area contributed by atoms with E-state index >= 15 is 0 Å². The van der Waals surface area contributed by atoms with Crippen molar-refractivity contribution in [2.75, 3.05) is 13.7 Å². The second kappa shape index (κ2) is 5.87. The highest BCUT2D eigenvalue weighted by Gasteiger charge is 2.29. The first-order valence-electron chi connectivity index (χ1n) is 5.94. The van der Waals surface area contributed by atoms with Crippen molar-refractivity contribution in [1.29, 1.82) is 0 Å². The molecular formula is C14H21NO3. The van der Waals surface area contributed by atoms with Gasteiger partial charge in [-0.3, -0.25) is 4.79 Å². The molecule has 0 heterocycles. The third-order valence-corrected chi connectivity index (χ3v) is 2.86. The van der Waals surface area contributed by atoms with Crippen LogP contribution in [0, 0.1) is 13.8 Å². The average Bonchev–Trinajstić information content (AvgIpc) is 2.30. The molecule has 0 amide bonds. The van der Waals surface area contributed by atoms with E-state index in [0.717, 1.165) is 11.3 Å². The van der Waals surface area contributed by atoms with E-state index in [0.29, 0.717) is 13.0 Å². The molecule has 0 saturated carbocycles. The molecule has 2 N–H and O–H groups in total. The molecule has 1 aromatic rings. The van der Waals surface area contributed by atoms with Gasteiger partial charge in [-0.2, -0.15) is 0 Å². The number of esters is 1. The van der Waals surface area contributed by atoms with Crippen LogP contribution < -0.4 is 10.5 Å². The van der Waals surface area contributed by atoms with Crippen LogP contribution in [0.1, 0.15) is 24.5 Å². The summed E-state index contributed by atoms with van der Waals surface area (Å²) in [6.45, 7) is 6.05. The van der Waals surface area contributed by atoms with Crippen LogP contribution >= 0.6 is 0 Å². The van der Waals surface area contributed by atoms with Crippen molar-refractivity contribution in [2.24, 2.45) is 5.73 Å². The minimum Gasteiger partial charge on any atom is -0.493 e. The quantitative estimate of drug-likeness (QED) is 0.813. The number of ether oxygens (including phenoxy) is 2. The number of hydrogen-bond acceptors (Lipinski definition) is 4. The molecule has 4 heteroatoms. The minimum atomic E-state index is -1.01. The van der Waals surface area contributed by atoms with Gasteiger partial charge in [-0.25, -0.2) is 0 Å². The van der Waals surface area contributed by atoms with Crippen molar-refractivity contribution in [1.82, 2.24) is 0 Å². The molecule has 0 aromatic heterocycles. The first-order valence-corrected chi connectivity index (χ1v) is 5.94. The number of hydrogen-bond donors (Lipinski definition) is 1. The van der Waals surface area contributed by atoms with Crippen molar-refractivity contribution in [3.8, 4) is 5.75 Å². The molecule has 0 aliphatic rings. The van der Waals surface area contributed by atoms with Crippen LogP contribution in [0.15, 0.2) is 18.2 Å². The second-order valence-corrected chi connectivity index (χ2v) is 4.78. The van der Waals surface area contributed by atoms with Crippen LogP contribution in [0.4, 0.5) is 0 Å². The summed E-state index contributed by atoms with van der Waals surface area (Å²) in [7, 11) is 1.33. The lowest BCUT2D eigenvalue weighted by molar-refractivity contribution is -0.146. The third-order valence-electron chi connectivity index (χ3n) is 2.86. The van der Waals surface area contributed by atoms with E-state index in [-0.39, 0.29) is 0 Å². The van der Waals surface area contributed by atoms with Gasteiger partial charge < -0.3 is 15.2 Å². The van der Waals surface area contributed by atoms with Gasteiger partial charge in [0, 0.05) is 6.42 Å². The average molecular weight is 251 g/mol. The Balaban J connectivity index is 2.54. The molecule has 4 nitrogen and oxygen atoms in total. The van der Waals surface area contributed by atoms with E-state index in [1.165, 1.54) is 12.7 Å². The fourth-order valence-corrected chi connectivity index (χ4v) is 1.67. The molecule has 0 fully saturated rings. The molecule has 0 aliphatic heterocycles. The van der Waals surface area contributed by atoms with Gasteiger partial charge in [0.1, 0.15) is 11.3 Å². The zero-order valence-electron chi connectivity index (χ0n) is 11.4. The van der Waals surface area contributed by atoms with E-state index in [2.05, 4.69) is 10.8 Å². The monoisotopic (exact) mass is 251 g/mol. The lowest BCUT2D eigenvalue weighted by Gasteiger charge is -2.21. The van der Waals surface area contributed by atoms with Crippen LogP contribution in [0.5, 0.6) is 5.75 Å². The molecule has 100 valence electrons. The largest absolute Gasteiger partial charge is 0.493 e. The summed E-state index contributed by atoms with van der Waals surface area (Å²) in [5.41, 5.74) is 7.10. The topological polar surface area (TPSA) is 61.5 Å². The number of rotatable bonds is 5. The lowest BCUT2D eigenvalue weighted by atomic mass is 10.0. The third kappa shape index (κ3) is 3.74. The number of carbonyl (C=O) groups excluding carboxylic acids is 1. The minimum absolute atomic E-state index is 0.381. The molecule has 1 rings (SSSR count). The molecule has 0 spiro atoms. The Morgan fingerprint density at radius 3 is 2.61 bits per heavy atom. The molecule has 0 aliphatic carbocycles.